The highest BCUT2D eigenvalue weighted by atomic mass is 35.5. The smallest absolute Gasteiger partial charge is 0.154 e. The Bertz CT molecular complexity index is 931. The molecule has 0 aliphatic heterocycles. The van der Waals surface area contributed by atoms with Gasteiger partial charge in [0.15, 0.2) is 9.84 Å². The van der Waals surface area contributed by atoms with Crippen LogP contribution in [0.25, 0.3) is 0 Å². The average molecular weight is 467 g/mol. The number of hydrogen-bond donors (Lipinski definition) is 1. The van der Waals surface area contributed by atoms with E-state index in [1.165, 1.54) is 37.7 Å². The van der Waals surface area contributed by atoms with Crippen LogP contribution >= 0.6 is 24.2 Å². The van der Waals surface area contributed by atoms with Gasteiger partial charge in [0.25, 0.3) is 0 Å². The third-order valence-electron chi connectivity index (χ3n) is 7.09. The summed E-state index contributed by atoms with van der Waals surface area (Å²) in [5.74, 6) is 1.44. The monoisotopic (exact) mass is 466 g/mol. The number of nitrogens with zero attached hydrogens (tertiary/aromatic N) is 2. The maximum atomic E-state index is 13.2. The van der Waals surface area contributed by atoms with Crippen LogP contribution < -0.4 is 5.01 Å². The van der Waals surface area contributed by atoms with Gasteiger partial charge in [-0.1, -0.05) is 35.2 Å². The van der Waals surface area contributed by atoms with Crippen molar-refractivity contribution in [1.82, 2.24) is 0 Å². The van der Waals surface area contributed by atoms with E-state index in [1.54, 1.807) is 22.7 Å². The number of allylic oxidation sites excluding steroid dienone is 2. The zero-order valence-corrected chi connectivity index (χ0v) is 19.8. The van der Waals surface area contributed by atoms with E-state index in [4.69, 9.17) is 11.6 Å². The predicted molar refractivity (Wildman–Crippen MR) is 130 cm³/mol. The van der Waals surface area contributed by atoms with Gasteiger partial charge in [-0.3, -0.25) is 5.01 Å². The van der Waals surface area contributed by atoms with Gasteiger partial charge in [-0.2, -0.15) is 17.7 Å². The normalized spacial score (nSPS) is 27.3. The van der Waals surface area contributed by atoms with Crippen molar-refractivity contribution in [1.29, 1.82) is 0 Å². The molecule has 30 heavy (non-hydrogen) atoms. The number of sulfone groups is 1. The van der Waals surface area contributed by atoms with Gasteiger partial charge in [-0.25, -0.2) is 8.42 Å². The SMILES string of the molecule is C=NN(CC(S)CS(=O)(=O)C1CCC2CC3CCCCC3=C2C1)c1cccc(Cl)c1. The Kier molecular flexibility index (Phi) is 6.85. The molecule has 0 bridgehead atoms. The molecule has 0 N–H and O–H groups in total. The van der Waals surface area contributed by atoms with Crippen molar-refractivity contribution in [2.45, 2.75) is 61.9 Å². The third-order valence-corrected chi connectivity index (χ3v) is 10.2. The summed E-state index contributed by atoms with van der Waals surface area (Å²) in [4.78, 5) is 0. The minimum atomic E-state index is -3.23. The van der Waals surface area contributed by atoms with Gasteiger partial charge in [-0.05, 0) is 75.0 Å². The number of hydrazone groups is 1. The Balaban J connectivity index is 1.42. The molecule has 7 heteroatoms. The van der Waals surface area contributed by atoms with Crippen LogP contribution in [0.3, 0.4) is 0 Å². The largest absolute Gasteiger partial charge is 0.265 e. The molecule has 0 aromatic heterocycles. The number of thiol groups is 1. The number of rotatable bonds is 7. The highest BCUT2D eigenvalue weighted by Gasteiger charge is 2.41. The third kappa shape index (κ3) is 4.76. The lowest BCUT2D eigenvalue weighted by Crippen LogP contribution is -2.36. The molecule has 0 radical (unpaired) electrons. The fraction of sp³-hybridized carbons (Fsp3) is 0.609. The molecule has 1 aromatic carbocycles. The van der Waals surface area contributed by atoms with Crippen molar-refractivity contribution < 1.29 is 8.42 Å². The van der Waals surface area contributed by atoms with E-state index in [1.807, 2.05) is 12.1 Å². The van der Waals surface area contributed by atoms with E-state index >= 15 is 0 Å². The molecule has 4 atom stereocenters. The van der Waals surface area contributed by atoms with Crippen molar-refractivity contribution in [2.75, 3.05) is 17.3 Å². The second kappa shape index (κ2) is 9.25. The van der Waals surface area contributed by atoms with E-state index in [0.717, 1.165) is 30.9 Å². The Hall–Kier alpha value is -0.980. The van der Waals surface area contributed by atoms with Crippen LogP contribution in [0, 0.1) is 11.8 Å². The molecule has 4 nitrogen and oxygen atoms in total. The molecular formula is C23H31ClN2O2S2. The molecule has 0 heterocycles. The number of halogens is 1. The Labute approximate surface area is 191 Å². The molecule has 0 saturated heterocycles. The topological polar surface area (TPSA) is 49.7 Å². The lowest BCUT2D eigenvalue weighted by atomic mass is 9.84. The van der Waals surface area contributed by atoms with Gasteiger partial charge in [0.05, 0.1) is 23.2 Å². The lowest BCUT2D eigenvalue weighted by molar-refractivity contribution is 0.389. The van der Waals surface area contributed by atoms with Crippen LogP contribution in [-0.4, -0.2) is 37.9 Å². The highest BCUT2D eigenvalue weighted by molar-refractivity contribution is 7.93. The van der Waals surface area contributed by atoms with Crippen LogP contribution in [0.4, 0.5) is 5.69 Å². The first-order valence-corrected chi connectivity index (χ1v) is 13.6. The molecule has 164 valence electrons. The van der Waals surface area contributed by atoms with Gasteiger partial charge < -0.3 is 0 Å². The summed E-state index contributed by atoms with van der Waals surface area (Å²) in [5.41, 5.74) is 3.91. The quantitative estimate of drug-likeness (QED) is 0.248. The number of anilines is 1. The van der Waals surface area contributed by atoms with Crippen LogP contribution in [0.2, 0.25) is 5.02 Å². The predicted octanol–water partition coefficient (Wildman–Crippen LogP) is 5.53. The molecule has 3 aliphatic carbocycles. The summed E-state index contributed by atoms with van der Waals surface area (Å²) in [6.45, 7) is 4.00. The molecule has 4 rings (SSSR count). The van der Waals surface area contributed by atoms with Crippen LogP contribution in [0.1, 0.15) is 51.4 Å². The average Bonchev–Trinajstić information content (AvgIpc) is 3.09. The fourth-order valence-electron chi connectivity index (χ4n) is 5.68. The maximum Gasteiger partial charge on any atom is 0.154 e. The molecule has 0 spiro atoms. The first kappa shape index (κ1) is 22.2. The second-order valence-corrected chi connectivity index (χ2v) is 12.5. The molecule has 2 fully saturated rings. The summed E-state index contributed by atoms with van der Waals surface area (Å²) in [5, 5.41) is 5.71. The number of fused-ring (bicyclic) bond motifs is 2. The minimum absolute atomic E-state index is 0.0596. The summed E-state index contributed by atoms with van der Waals surface area (Å²) in [7, 11) is -3.23. The van der Waals surface area contributed by atoms with Crippen LogP contribution in [-0.2, 0) is 9.84 Å². The van der Waals surface area contributed by atoms with E-state index < -0.39 is 9.84 Å². The zero-order chi connectivity index (χ0) is 21.3. The highest BCUT2D eigenvalue weighted by Crippen LogP contribution is 2.51. The van der Waals surface area contributed by atoms with E-state index in [2.05, 4.69) is 24.4 Å². The maximum absolute atomic E-state index is 13.2. The molecule has 1 aromatic rings. The van der Waals surface area contributed by atoms with E-state index in [0.29, 0.717) is 17.5 Å². The summed E-state index contributed by atoms with van der Waals surface area (Å²) < 4.78 is 26.5. The Morgan fingerprint density at radius 3 is 2.77 bits per heavy atom. The van der Waals surface area contributed by atoms with Gasteiger partial charge in [0, 0.05) is 17.0 Å². The second-order valence-electron chi connectivity index (χ2n) is 9.02. The molecule has 0 amide bonds. The Morgan fingerprint density at radius 1 is 1.20 bits per heavy atom. The molecule has 4 unspecified atom stereocenters. The van der Waals surface area contributed by atoms with Gasteiger partial charge >= 0.3 is 0 Å². The van der Waals surface area contributed by atoms with Crippen molar-refractivity contribution in [3.05, 3.63) is 40.4 Å². The fourth-order valence-corrected chi connectivity index (χ4v) is 8.49. The molecule has 3 aliphatic rings. The van der Waals surface area contributed by atoms with E-state index in [-0.39, 0.29) is 16.3 Å². The number of benzene rings is 1. The van der Waals surface area contributed by atoms with Crippen LogP contribution in [0.15, 0.2) is 40.5 Å². The standard InChI is InChI=1S/C23H31ClN2O2S2/c1-25-26(19-7-4-6-18(24)12-19)14-20(29)15-30(27,28)21-10-9-17-11-16-5-2-3-8-22(16)23(17)13-21/h4,6-7,12,16-17,20-21,29H,1-3,5,8-11,13-15H2. The minimum Gasteiger partial charge on any atom is -0.265 e. The first-order valence-electron chi connectivity index (χ1n) is 11.0. The van der Waals surface area contributed by atoms with Crippen LogP contribution in [0.5, 0.6) is 0 Å². The first-order chi connectivity index (χ1) is 14.4. The van der Waals surface area contributed by atoms with E-state index in [9.17, 15) is 8.42 Å². The number of hydrogen-bond acceptors (Lipinski definition) is 5. The van der Waals surface area contributed by atoms with Crippen molar-refractivity contribution in [3.63, 3.8) is 0 Å². The summed E-state index contributed by atoms with van der Waals surface area (Å²) in [6.07, 6.45) is 8.93. The van der Waals surface area contributed by atoms with Gasteiger partial charge in [0.2, 0.25) is 0 Å². The van der Waals surface area contributed by atoms with Crippen molar-refractivity contribution >= 4 is 46.5 Å². The molecular weight excluding hydrogens is 436 g/mol. The van der Waals surface area contributed by atoms with Gasteiger partial charge in [0.1, 0.15) is 0 Å². The van der Waals surface area contributed by atoms with Crippen molar-refractivity contribution in [3.8, 4) is 0 Å². The summed E-state index contributed by atoms with van der Waals surface area (Å²) in [6, 6.07) is 7.31. The lowest BCUT2D eigenvalue weighted by Gasteiger charge is -2.30. The zero-order valence-electron chi connectivity index (χ0n) is 17.3. The molecule has 2 saturated carbocycles. The van der Waals surface area contributed by atoms with Crippen molar-refractivity contribution in [2.24, 2.45) is 16.9 Å². The Morgan fingerprint density at radius 2 is 2.00 bits per heavy atom. The van der Waals surface area contributed by atoms with Gasteiger partial charge in [-0.15, -0.1) is 0 Å². The summed E-state index contributed by atoms with van der Waals surface area (Å²) >= 11 is 10.7.